The molecule has 0 saturated carbocycles. The fourth-order valence-electron chi connectivity index (χ4n) is 3.49. The first kappa shape index (κ1) is 20.0. The smallest absolute Gasteiger partial charge is 0.238 e. The Labute approximate surface area is 166 Å². The molecule has 0 aliphatic carbocycles. The molecule has 0 spiro atoms. The number of benzene rings is 2. The highest BCUT2D eigenvalue weighted by Gasteiger charge is 2.24. The third kappa shape index (κ3) is 5.41. The van der Waals surface area contributed by atoms with Gasteiger partial charge in [-0.2, -0.15) is 0 Å². The molecular formula is C22H28N4O2. The maximum absolute atomic E-state index is 12.7. The van der Waals surface area contributed by atoms with E-state index in [0.29, 0.717) is 31.7 Å². The van der Waals surface area contributed by atoms with Crippen molar-refractivity contribution in [3.63, 3.8) is 0 Å². The lowest BCUT2D eigenvalue weighted by atomic mass is 10.1. The van der Waals surface area contributed by atoms with Crippen LogP contribution < -0.4 is 16.0 Å². The van der Waals surface area contributed by atoms with Gasteiger partial charge in [0, 0.05) is 32.6 Å². The van der Waals surface area contributed by atoms with Crippen LogP contribution in [0.25, 0.3) is 0 Å². The van der Waals surface area contributed by atoms with Gasteiger partial charge in [0.25, 0.3) is 0 Å². The number of anilines is 2. The molecule has 0 atom stereocenters. The van der Waals surface area contributed by atoms with Gasteiger partial charge in [0.1, 0.15) is 0 Å². The first-order chi connectivity index (χ1) is 13.7. The van der Waals surface area contributed by atoms with E-state index in [1.807, 2.05) is 42.5 Å². The molecule has 0 bridgehead atoms. The van der Waals surface area contributed by atoms with Crippen LogP contribution in [-0.2, 0) is 16.0 Å². The number of hydrogen-bond acceptors (Lipinski definition) is 4. The van der Waals surface area contributed by atoms with E-state index < -0.39 is 0 Å². The Morgan fingerprint density at radius 1 is 1.07 bits per heavy atom. The van der Waals surface area contributed by atoms with Gasteiger partial charge in [-0.25, -0.2) is 0 Å². The SMILES string of the molecule is NCCN(CCc1ccccc1)CC(=O)Nc1ccccc1N1CCCC1=O. The lowest BCUT2D eigenvalue weighted by molar-refractivity contribution is -0.118. The van der Waals surface area contributed by atoms with Crippen LogP contribution in [0.1, 0.15) is 18.4 Å². The Balaban J connectivity index is 1.61. The number of carbonyl (C=O) groups is 2. The molecule has 6 heteroatoms. The van der Waals surface area contributed by atoms with Gasteiger partial charge in [0.15, 0.2) is 0 Å². The third-order valence-electron chi connectivity index (χ3n) is 4.91. The number of nitrogens with zero attached hydrogens (tertiary/aromatic N) is 2. The van der Waals surface area contributed by atoms with Crippen LogP contribution in [0.5, 0.6) is 0 Å². The second-order valence-corrected chi connectivity index (χ2v) is 7.01. The summed E-state index contributed by atoms with van der Waals surface area (Å²) in [5.74, 6) is 0.00919. The number of nitrogens with one attached hydrogen (secondary N) is 1. The summed E-state index contributed by atoms with van der Waals surface area (Å²) in [5.41, 5.74) is 8.42. The summed E-state index contributed by atoms with van der Waals surface area (Å²) in [4.78, 5) is 28.6. The van der Waals surface area contributed by atoms with Crippen LogP contribution >= 0.6 is 0 Å². The molecular weight excluding hydrogens is 352 g/mol. The topological polar surface area (TPSA) is 78.7 Å². The molecule has 1 fully saturated rings. The van der Waals surface area contributed by atoms with Crippen LogP contribution in [0.3, 0.4) is 0 Å². The van der Waals surface area contributed by atoms with Gasteiger partial charge >= 0.3 is 0 Å². The minimum atomic E-state index is -0.0967. The highest BCUT2D eigenvalue weighted by Crippen LogP contribution is 2.29. The van der Waals surface area contributed by atoms with Gasteiger partial charge in [0.2, 0.25) is 11.8 Å². The van der Waals surface area contributed by atoms with E-state index in [2.05, 4.69) is 22.3 Å². The van der Waals surface area contributed by atoms with Crippen molar-refractivity contribution < 1.29 is 9.59 Å². The fourth-order valence-corrected chi connectivity index (χ4v) is 3.49. The second-order valence-electron chi connectivity index (χ2n) is 7.01. The maximum Gasteiger partial charge on any atom is 0.238 e. The predicted molar refractivity (Wildman–Crippen MR) is 112 cm³/mol. The van der Waals surface area contributed by atoms with Crippen molar-refractivity contribution in [1.29, 1.82) is 0 Å². The summed E-state index contributed by atoms with van der Waals surface area (Å²) in [5, 5.41) is 2.98. The molecule has 6 nitrogen and oxygen atoms in total. The number of rotatable bonds is 9. The maximum atomic E-state index is 12.7. The van der Waals surface area contributed by atoms with Gasteiger partial charge in [-0.15, -0.1) is 0 Å². The van der Waals surface area contributed by atoms with Gasteiger partial charge in [0.05, 0.1) is 17.9 Å². The molecule has 1 heterocycles. The normalized spacial score (nSPS) is 13.9. The van der Waals surface area contributed by atoms with Gasteiger partial charge in [-0.05, 0) is 30.5 Å². The molecule has 2 amide bonds. The van der Waals surface area contributed by atoms with Crippen molar-refractivity contribution in [2.24, 2.45) is 5.73 Å². The van der Waals surface area contributed by atoms with Gasteiger partial charge < -0.3 is 16.0 Å². The molecule has 148 valence electrons. The van der Waals surface area contributed by atoms with E-state index in [9.17, 15) is 9.59 Å². The molecule has 1 aliphatic heterocycles. The lowest BCUT2D eigenvalue weighted by Crippen LogP contribution is -2.38. The predicted octanol–water partition coefficient (Wildman–Crippen LogP) is 2.26. The summed E-state index contributed by atoms with van der Waals surface area (Å²) >= 11 is 0. The quantitative estimate of drug-likeness (QED) is 0.699. The molecule has 2 aromatic rings. The van der Waals surface area contributed by atoms with Crippen LogP contribution in [0, 0.1) is 0 Å². The van der Waals surface area contributed by atoms with Crippen molar-refractivity contribution >= 4 is 23.2 Å². The summed E-state index contributed by atoms with van der Waals surface area (Å²) in [6.07, 6.45) is 2.28. The summed E-state index contributed by atoms with van der Waals surface area (Å²) < 4.78 is 0. The van der Waals surface area contributed by atoms with Gasteiger partial charge in [-0.3, -0.25) is 14.5 Å². The Morgan fingerprint density at radius 2 is 1.82 bits per heavy atom. The van der Waals surface area contributed by atoms with Gasteiger partial charge in [-0.1, -0.05) is 42.5 Å². The lowest BCUT2D eigenvalue weighted by Gasteiger charge is -2.23. The van der Waals surface area contributed by atoms with E-state index in [1.165, 1.54) is 5.56 Å². The number of hydrogen-bond donors (Lipinski definition) is 2. The molecule has 1 aliphatic rings. The van der Waals surface area contributed by atoms with E-state index in [1.54, 1.807) is 4.90 Å². The standard InChI is InChI=1S/C22H28N4O2/c23-13-16-25(15-12-18-7-2-1-3-8-18)17-21(27)24-19-9-4-5-10-20(19)26-14-6-11-22(26)28/h1-5,7-10H,6,11-17,23H2,(H,24,27). The molecule has 0 aromatic heterocycles. The first-order valence-electron chi connectivity index (χ1n) is 9.83. The second kappa shape index (κ2) is 10.0. The van der Waals surface area contributed by atoms with E-state index in [-0.39, 0.29) is 18.4 Å². The van der Waals surface area contributed by atoms with Crippen LogP contribution in [-0.4, -0.2) is 49.4 Å². The van der Waals surface area contributed by atoms with Crippen LogP contribution in [0.15, 0.2) is 54.6 Å². The summed E-state index contributed by atoms with van der Waals surface area (Å²) in [6, 6.07) is 17.7. The van der Waals surface area contributed by atoms with Crippen LogP contribution in [0.2, 0.25) is 0 Å². The Kier molecular flexibility index (Phi) is 7.17. The monoisotopic (exact) mass is 380 g/mol. The van der Waals surface area contributed by atoms with E-state index in [0.717, 1.165) is 25.1 Å². The minimum Gasteiger partial charge on any atom is -0.329 e. The Morgan fingerprint density at radius 3 is 2.54 bits per heavy atom. The highest BCUT2D eigenvalue weighted by molar-refractivity contribution is 6.02. The molecule has 2 aromatic carbocycles. The average Bonchev–Trinajstić information content (AvgIpc) is 3.13. The Bertz CT molecular complexity index is 794. The number of carbonyl (C=O) groups excluding carboxylic acids is 2. The van der Waals surface area contributed by atoms with Crippen molar-refractivity contribution in [3.05, 3.63) is 60.2 Å². The van der Waals surface area contributed by atoms with Crippen molar-refractivity contribution in [1.82, 2.24) is 4.90 Å². The largest absolute Gasteiger partial charge is 0.329 e. The molecule has 28 heavy (non-hydrogen) atoms. The molecule has 0 unspecified atom stereocenters. The van der Waals surface area contributed by atoms with E-state index >= 15 is 0 Å². The minimum absolute atomic E-state index is 0.0967. The molecule has 1 saturated heterocycles. The first-order valence-corrected chi connectivity index (χ1v) is 9.83. The Hall–Kier alpha value is -2.70. The molecule has 3 rings (SSSR count). The summed E-state index contributed by atoms with van der Waals surface area (Å²) in [7, 11) is 0. The number of para-hydroxylation sites is 2. The zero-order valence-electron chi connectivity index (χ0n) is 16.1. The number of amides is 2. The summed E-state index contributed by atoms with van der Waals surface area (Å²) in [6.45, 7) is 2.89. The highest BCUT2D eigenvalue weighted by atomic mass is 16.2. The van der Waals surface area contributed by atoms with Crippen molar-refractivity contribution in [2.75, 3.05) is 42.9 Å². The average molecular weight is 380 g/mol. The zero-order valence-corrected chi connectivity index (χ0v) is 16.1. The zero-order chi connectivity index (χ0) is 19.8. The van der Waals surface area contributed by atoms with E-state index in [4.69, 9.17) is 5.73 Å². The number of nitrogens with two attached hydrogens (primary N) is 1. The third-order valence-corrected chi connectivity index (χ3v) is 4.91. The molecule has 0 radical (unpaired) electrons. The van der Waals surface area contributed by atoms with Crippen LogP contribution in [0.4, 0.5) is 11.4 Å². The molecule has 3 N–H and O–H groups in total. The van der Waals surface area contributed by atoms with Crippen molar-refractivity contribution in [3.8, 4) is 0 Å². The van der Waals surface area contributed by atoms with Crippen molar-refractivity contribution in [2.45, 2.75) is 19.3 Å². The fraction of sp³-hybridized carbons (Fsp3) is 0.364.